The van der Waals surface area contributed by atoms with Crippen LogP contribution in [0.25, 0.3) is 11.3 Å². The second kappa shape index (κ2) is 11.4. The van der Waals surface area contributed by atoms with Gasteiger partial charge in [0.15, 0.2) is 10.9 Å². The van der Waals surface area contributed by atoms with Gasteiger partial charge in [0.25, 0.3) is 5.91 Å². The predicted molar refractivity (Wildman–Crippen MR) is 154 cm³/mol. The minimum atomic E-state index is -1.05. The molecule has 1 N–H and O–H groups in total. The molecule has 12 heteroatoms. The van der Waals surface area contributed by atoms with Crippen LogP contribution in [0, 0.1) is 6.92 Å². The van der Waals surface area contributed by atoms with E-state index in [4.69, 9.17) is 26.1 Å². The van der Waals surface area contributed by atoms with E-state index in [0.29, 0.717) is 5.56 Å². The van der Waals surface area contributed by atoms with Crippen molar-refractivity contribution in [2.24, 2.45) is 0 Å². The van der Waals surface area contributed by atoms with Gasteiger partial charge < -0.3 is 29.5 Å². The summed E-state index contributed by atoms with van der Waals surface area (Å²) in [6, 6.07) is 3.63. The van der Waals surface area contributed by atoms with Crippen molar-refractivity contribution in [1.29, 1.82) is 0 Å². The Morgan fingerprint density at radius 2 is 1.98 bits per heavy atom. The largest absolute Gasteiger partial charge is 0.376 e. The fourth-order valence-corrected chi connectivity index (χ4v) is 6.72. The molecule has 216 valence electrons. The van der Waals surface area contributed by atoms with E-state index >= 15 is 0 Å². The Balaban J connectivity index is 1.33. The number of aromatic nitrogens is 1. The monoisotopic (exact) mass is 589 g/mol. The minimum absolute atomic E-state index is 0.0749. The van der Waals surface area contributed by atoms with E-state index in [0.717, 1.165) is 48.1 Å². The van der Waals surface area contributed by atoms with Crippen LogP contribution in [-0.2, 0) is 19.1 Å². The molecule has 3 saturated heterocycles. The fraction of sp³-hybridized carbons (Fsp3) is 0.571. The summed E-state index contributed by atoms with van der Waals surface area (Å²) in [6.07, 6.45) is -0.544. The highest BCUT2D eigenvalue weighted by Gasteiger charge is 2.54. The Labute approximate surface area is 243 Å². The first kappa shape index (κ1) is 28.9. The van der Waals surface area contributed by atoms with Gasteiger partial charge in [0.1, 0.15) is 24.8 Å². The van der Waals surface area contributed by atoms with Crippen LogP contribution in [0.3, 0.4) is 0 Å². The number of amides is 2. The molecule has 4 heterocycles. The van der Waals surface area contributed by atoms with E-state index in [2.05, 4.69) is 22.2 Å². The number of anilines is 1. The molecule has 0 radical (unpaired) electrons. The lowest BCUT2D eigenvalue weighted by atomic mass is 9.95. The van der Waals surface area contributed by atoms with Gasteiger partial charge in [-0.05, 0) is 45.5 Å². The number of nitrogens with one attached hydrogen (secondary N) is 1. The molecule has 4 atom stereocenters. The maximum absolute atomic E-state index is 13.8. The van der Waals surface area contributed by atoms with Crippen molar-refractivity contribution in [2.45, 2.75) is 49.9 Å². The molecule has 3 aliphatic rings. The molecule has 3 aliphatic heterocycles. The number of nitrogens with zero attached hydrogens (tertiary/aromatic N) is 4. The Morgan fingerprint density at radius 1 is 1.25 bits per heavy atom. The summed E-state index contributed by atoms with van der Waals surface area (Å²) in [4.78, 5) is 50.6. The molecule has 4 unspecified atom stereocenters. The number of thiazole rings is 1. The summed E-state index contributed by atoms with van der Waals surface area (Å²) in [6.45, 7) is 9.40. The molecular weight excluding hydrogens is 554 g/mol. The lowest BCUT2D eigenvalue weighted by molar-refractivity contribution is -0.144. The number of likely N-dealkylation sites (N-methyl/N-ethyl adjacent to an activating group) is 1. The second-order valence-corrected chi connectivity index (χ2v) is 12.6. The number of carbonyl (C=O) groups is 3. The number of ketones is 1. The first-order valence-corrected chi connectivity index (χ1v) is 14.8. The van der Waals surface area contributed by atoms with Gasteiger partial charge in [-0.3, -0.25) is 14.4 Å². The number of piperazine rings is 1. The van der Waals surface area contributed by atoms with Crippen molar-refractivity contribution >= 4 is 45.7 Å². The van der Waals surface area contributed by atoms with Gasteiger partial charge in [0, 0.05) is 56.3 Å². The number of alkyl halides is 1. The molecule has 0 aliphatic carbocycles. The third-order valence-corrected chi connectivity index (χ3v) is 9.47. The van der Waals surface area contributed by atoms with Gasteiger partial charge in [-0.25, -0.2) is 4.98 Å². The van der Waals surface area contributed by atoms with Crippen molar-refractivity contribution in [3.63, 3.8) is 0 Å². The third-order valence-electron chi connectivity index (χ3n) is 8.18. The second-order valence-electron chi connectivity index (χ2n) is 11.2. The molecular formula is C28H36ClN5O5S. The van der Waals surface area contributed by atoms with Crippen molar-refractivity contribution in [1.82, 2.24) is 20.1 Å². The highest BCUT2D eigenvalue weighted by atomic mass is 35.5. The zero-order chi connectivity index (χ0) is 28.8. The maximum atomic E-state index is 13.8. The number of carbonyl (C=O) groups excluding carboxylic acids is 3. The first-order chi connectivity index (χ1) is 19.0. The third kappa shape index (κ3) is 5.49. The molecule has 1 aromatic heterocycles. The SMILES string of the molecule is COC(C)(C)C(NC(=O)c1ccc(-c2csc(N3CCN(C)CC3)n2)c(C)c1)C(=O)N1CC(Cl)C2OCC(=O)C21. The van der Waals surface area contributed by atoms with E-state index in [1.165, 1.54) is 12.0 Å². The number of methoxy groups -OCH3 is 1. The number of likely N-dealkylation sites (tertiary alicyclic amines) is 1. The summed E-state index contributed by atoms with van der Waals surface area (Å²) in [5.41, 5.74) is 2.09. The number of ether oxygens (including phenoxy) is 2. The molecule has 10 nitrogen and oxygen atoms in total. The van der Waals surface area contributed by atoms with Gasteiger partial charge in [0.05, 0.1) is 16.7 Å². The van der Waals surface area contributed by atoms with E-state index in [-0.39, 0.29) is 18.9 Å². The van der Waals surface area contributed by atoms with Crippen LogP contribution < -0.4 is 10.2 Å². The van der Waals surface area contributed by atoms with Crippen LogP contribution in [0.4, 0.5) is 5.13 Å². The molecule has 5 rings (SSSR count). The highest BCUT2D eigenvalue weighted by molar-refractivity contribution is 7.14. The van der Waals surface area contributed by atoms with Gasteiger partial charge in [-0.1, -0.05) is 6.07 Å². The maximum Gasteiger partial charge on any atom is 0.252 e. The van der Waals surface area contributed by atoms with Crippen LogP contribution in [0.1, 0.15) is 29.8 Å². The zero-order valence-corrected chi connectivity index (χ0v) is 25.1. The Kier molecular flexibility index (Phi) is 8.22. The van der Waals surface area contributed by atoms with Crippen molar-refractivity contribution in [3.8, 4) is 11.3 Å². The number of rotatable bonds is 7. The minimum Gasteiger partial charge on any atom is -0.376 e. The van der Waals surface area contributed by atoms with Crippen molar-refractivity contribution in [3.05, 3.63) is 34.7 Å². The molecule has 1 aromatic carbocycles. The van der Waals surface area contributed by atoms with Gasteiger partial charge in [-0.15, -0.1) is 22.9 Å². The number of aryl methyl sites for hydroxylation is 1. The Hall–Kier alpha value is -2.57. The van der Waals surface area contributed by atoms with Crippen LogP contribution in [0.2, 0.25) is 0 Å². The Bertz CT molecular complexity index is 1290. The molecule has 40 heavy (non-hydrogen) atoms. The average molecular weight is 590 g/mol. The number of hydrogen-bond acceptors (Lipinski definition) is 9. The molecule has 0 bridgehead atoms. The van der Waals surface area contributed by atoms with Crippen LogP contribution in [0.15, 0.2) is 23.6 Å². The molecule has 2 aromatic rings. The summed E-state index contributed by atoms with van der Waals surface area (Å²) < 4.78 is 11.1. The Morgan fingerprint density at radius 3 is 2.65 bits per heavy atom. The molecule has 2 amide bonds. The summed E-state index contributed by atoms with van der Waals surface area (Å²) in [5, 5.41) is 5.42. The number of Topliss-reactive ketones (excluding diaryl/α,β-unsaturated/α-hetero) is 1. The predicted octanol–water partition coefficient (Wildman–Crippen LogP) is 2.18. The van der Waals surface area contributed by atoms with E-state index in [1.54, 1.807) is 37.3 Å². The van der Waals surface area contributed by atoms with E-state index < -0.39 is 41.0 Å². The van der Waals surface area contributed by atoms with Crippen LogP contribution in [0.5, 0.6) is 0 Å². The molecule has 0 spiro atoms. The van der Waals surface area contributed by atoms with E-state index in [9.17, 15) is 14.4 Å². The van der Waals surface area contributed by atoms with E-state index in [1.807, 2.05) is 18.4 Å². The lowest BCUT2D eigenvalue weighted by Gasteiger charge is -2.36. The number of benzene rings is 1. The average Bonchev–Trinajstić information content (AvgIpc) is 3.65. The number of halogens is 1. The smallest absolute Gasteiger partial charge is 0.252 e. The highest BCUT2D eigenvalue weighted by Crippen LogP contribution is 2.33. The zero-order valence-electron chi connectivity index (χ0n) is 23.5. The quantitative estimate of drug-likeness (QED) is 0.490. The van der Waals surface area contributed by atoms with Gasteiger partial charge >= 0.3 is 0 Å². The van der Waals surface area contributed by atoms with Crippen LogP contribution >= 0.6 is 22.9 Å². The number of hydrogen-bond donors (Lipinski definition) is 1. The van der Waals surface area contributed by atoms with Crippen molar-refractivity contribution < 1.29 is 23.9 Å². The first-order valence-electron chi connectivity index (χ1n) is 13.4. The lowest BCUT2D eigenvalue weighted by Crippen LogP contribution is -2.60. The van der Waals surface area contributed by atoms with Crippen molar-refractivity contribution in [2.75, 3.05) is 58.4 Å². The summed E-state index contributed by atoms with van der Waals surface area (Å²) >= 11 is 8.03. The normalized spacial score (nSPS) is 24.4. The van der Waals surface area contributed by atoms with Crippen LogP contribution in [-0.4, -0.2) is 115 Å². The standard InChI is InChI=1S/C28H36ClN5O5S/c1-16-12-17(6-7-18(16)20-15-40-27(30-20)33-10-8-32(4)9-11-33)25(36)31-24(28(2,3)38-5)26(37)34-13-19(29)23-22(34)21(35)14-39-23/h6-7,12,15,19,22-24H,8-11,13-14H2,1-5H3,(H,31,36). The fourth-order valence-electron chi connectivity index (χ4n) is 5.48. The van der Waals surface area contributed by atoms with Gasteiger partial charge in [0.2, 0.25) is 5.91 Å². The topological polar surface area (TPSA) is 104 Å². The molecule has 3 fully saturated rings. The van der Waals surface area contributed by atoms with Gasteiger partial charge in [-0.2, -0.15) is 0 Å². The number of fused-ring (bicyclic) bond motifs is 1. The summed E-state index contributed by atoms with van der Waals surface area (Å²) in [7, 11) is 3.61. The molecule has 0 saturated carbocycles. The summed E-state index contributed by atoms with van der Waals surface area (Å²) in [5.74, 6) is -1.03.